The second kappa shape index (κ2) is 15.2. The standard InChI is InChI=1S/C41H39BrN6O4/c1-28(10-8-9-23-46-26-37(43-45-46)34(27-49)30-11-4-2-5-12-30)41(52)35-24-32(42)17-21-38(35)47(40(41)51)25-29-15-18-33(19-16-29)48-39(50)22-20-36(44-48)31-13-6-3-7-14-31/h2-8,10-19,21,24,26,28,34,49,52H,9,20,22-23,25,27H2,1H3/b10-8+/t28-,34?,41+/m0/s1. The van der Waals surface area contributed by atoms with Crippen LogP contribution in [0.3, 0.4) is 0 Å². The number of anilines is 2. The molecule has 0 saturated heterocycles. The maximum Gasteiger partial charge on any atom is 0.264 e. The number of amides is 2. The zero-order valence-electron chi connectivity index (χ0n) is 28.7. The second-order valence-corrected chi connectivity index (χ2v) is 14.1. The van der Waals surface area contributed by atoms with E-state index in [9.17, 15) is 19.8 Å². The Morgan fingerprint density at radius 2 is 1.67 bits per heavy atom. The van der Waals surface area contributed by atoms with Gasteiger partial charge < -0.3 is 15.1 Å². The summed E-state index contributed by atoms with van der Waals surface area (Å²) in [7, 11) is 0. The number of hydrazone groups is 1. The third kappa shape index (κ3) is 6.99. The van der Waals surface area contributed by atoms with Gasteiger partial charge in [0, 0.05) is 41.5 Å². The number of carbonyl (C=O) groups excluding carboxylic acids is 2. The van der Waals surface area contributed by atoms with Gasteiger partial charge >= 0.3 is 0 Å². The molecule has 11 heteroatoms. The van der Waals surface area contributed by atoms with Gasteiger partial charge in [-0.1, -0.05) is 113 Å². The molecule has 2 N–H and O–H groups in total. The number of hydrogen-bond donors (Lipinski definition) is 2. The highest BCUT2D eigenvalue weighted by Gasteiger charge is 2.52. The van der Waals surface area contributed by atoms with Crippen LogP contribution in [-0.4, -0.2) is 49.3 Å². The summed E-state index contributed by atoms with van der Waals surface area (Å²) in [4.78, 5) is 28.6. The predicted octanol–water partition coefficient (Wildman–Crippen LogP) is 6.71. The number of rotatable bonds is 12. The first-order valence-corrected chi connectivity index (χ1v) is 18.2. The van der Waals surface area contributed by atoms with Crippen molar-refractivity contribution in [1.29, 1.82) is 0 Å². The number of hydrogen-bond acceptors (Lipinski definition) is 7. The van der Waals surface area contributed by atoms with E-state index in [0.29, 0.717) is 48.4 Å². The zero-order chi connectivity index (χ0) is 36.2. The van der Waals surface area contributed by atoms with E-state index in [4.69, 9.17) is 0 Å². The predicted molar refractivity (Wildman–Crippen MR) is 204 cm³/mol. The zero-order valence-corrected chi connectivity index (χ0v) is 30.3. The van der Waals surface area contributed by atoms with Crippen molar-refractivity contribution in [3.8, 4) is 0 Å². The Morgan fingerprint density at radius 1 is 0.942 bits per heavy atom. The molecular weight excluding hydrogens is 720 g/mol. The minimum absolute atomic E-state index is 0.0711. The van der Waals surface area contributed by atoms with Gasteiger partial charge in [0.1, 0.15) is 0 Å². The molecule has 52 heavy (non-hydrogen) atoms. The average molecular weight is 760 g/mol. The first-order valence-electron chi connectivity index (χ1n) is 17.4. The molecule has 0 saturated carbocycles. The minimum Gasteiger partial charge on any atom is -0.395 e. The Balaban J connectivity index is 1.04. The van der Waals surface area contributed by atoms with Crippen LogP contribution < -0.4 is 9.91 Å². The van der Waals surface area contributed by atoms with Gasteiger partial charge in [-0.05, 0) is 53.4 Å². The van der Waals surface area contributed by atoms with Crippen molar-refractivity contribution in [3.63, 3.8) is 0 Å². The maximum atomic E-state index is 14.1. The molecule has 2 aliphatic heterocycles. The largest absolute Gasteiger partial charge is 0.395 e. The summed E-state index contributed by atoms with van der Waals surface area (Å²) in [5.74, 6) is -1.26. The molecule has 4 aromatic carbocycles. The minimum atomic E-state index is -1.78. The number of aromatic nitrogens is 3. The third-order valence-electron chi connectivity index (χ3n) is 9.80. The number of carbonyl (C=O) groups is 2. The number of nitrogens with zero attached hydrogens (tertiary/aromatic N) is 6. The van der Waals surface area contributed by atoms with Gasteiger partial charge in [-0.2, -0.15) is 5.10 Å². The summed E-state index contributed by atoms with van der Waals surface area (Å²) in [6.07, 6.45) is 7.23. The second-order valence-electron chi connectivity index (χ2n) is 13.2. The van der Waals surface area contributed by atoms with Gasteiger partial charge in [0.15, 0.2) is 5.60 Å². The Labute approximate surface area is 310 Å². The van der Waals surface area contributed by atoms with Crippen LogP contribution in [0.1, 0.15) is 60.1 Å². The van der Waals surface area contributed by atoms with Crippen LogP contribution in [0.15, 0.2) is 131 Å². The fourth-order valence-corrected chi connectivity index (χ4v) is 7.24. The lowest BCUT2D eigenvalue weighted by molar-refractivity contribution is -0.139. The fourth-order valence-electron chi connectivity index (χ4n) is 6.88. The van der Waals surface area contributed by atoms with E-state index in [0.717, 1.165) is 26.9 Å². The molecule has 1 unspecified atom stereocenters. The molecular formula is C41H39BrN6O4. The lowest BCUT2D eigenvalue weighted by atomic mass is 9.83. The summed E-state index contributed by atoms with van der Waals surface area (Å²) in [5.41, 5.74) is 4.43. The van der Waals surface area contributed by atoms with E-state index in [1.54, 1.807) is 9.58 Å². The molecule has 3 atom stereocenters. The summed E-state index contributed by atoms with van der Waals surface area (Å²) in [6.45, 7) is 2.56. The SMILES string of the molecule is C[C@@H](/C=C/CCn1cc(C(CO)c2ccccc2)nn1)[C@]1(O)C(=O)N(Cc2ccc(N3N=C(c4ccccc4)CCC3=O)cc2)c2ccc(Br)cc21. The Kier molecular flexibility index (Phi) is 10.3. The van der Waals surface area contributed by atoms with Gasteiger partial charge in [0.25, 0.3) is 5.91 Å². The topological polar surface area (TPSA) is 124 Å². The smallest absolute Gasteiger partial charge is 0.264 e. The molecule has 5 aromatic rings. The lowest BCUT2D eigenvalue weighted by Crippen LogP contribution is -2.44. The van der Waals surface area contributed by atoms with Crippen molar-refractivity contribution in [3.05, 3.63) is 154 Å². The Bertz CT molecular complexity index is 2120. The van der Waals surface area contributed by atoms with Crippen LogP contribution in [0.5, 0.6) is 0 Å². The molecule has 0 aliphatic carbocycles. The highest BCUT2D eigenvalue weighted by Crippen LogP contribution is 2.47. The van der Waals surface area contributed by atoms with E-state index >= 15 is 0 Å². The van der Waals surface area contributed by atoms with Crippen molar-refractivity contribution in [2.45, 2.75) is 50.8 Å². The summed E-state index contributed by atoms with van der Waals surface area (Å²) >= 11 is 3.53. The molecule has 7 rings (SSSR count). The van der Waals surface area contributed by atoms with Crippen LogP contribution in [0, 0.1) is 5.92 Å². The van der Waals surface area contributed by atoms with E-state index in [1.807, 2.05) is 128 Å². The highest BCUT2D eigenvalue weighted by molar-refractivity contribution is 9.10. The number of fused-ring (bicyclic) bond motifs is 1. The van der Waals surface area contributed by atoms with Crippen molar-refractivity contribution >= 4 is 44.8 Å². The number of aliphatic hydroxyl groups excluding tert-OH is 1. The number of aliphatic hydroxyl groups is 2. The molecule has 0 fully saturated rings. The van der Waals surface area contributed by atoms with Crippen LogP contribution in [-0.2, 0) is 28.3 Å². The van der Waals surface area contributed by atoms with Crippen LogP contribution >= 0.6 is 15.9 Å². The lowest BCUT2D eigenvalue weighted by Gasteiger charge is -2.28. The van der Waals surface area contributed by atoms with E-state index < -0.39 is 17.4 Å². The molecule has 0 radical (unpaired) electrons. The van der Waals surface area contributed by atoms with Crippen molar-refractivity contribution in [2.24, 2.45) is 11.0 Å². The molecule has 0 spiro atoms. The summed E-state index contributed by atoms with van der Waals surface area (Å²) < 4.78 is 2.50. The van der Waals surface area contributed by atoms with Gasteiger partial charge in [-0.25, -0.2) is 5.01 Å². The first-order chi connectivity index (χ1) is 25.3. The molecule has 10 nitrogen and oxygen atoms in total. The monoisotopic (exact) mass is 758 g/mol. The molecule has 2 aliphatic rings. The van der Waals surface area contributed by atoms with Gasteiger partial charge in [-0.15, -0.1) is 5.10 Å². The van der Waals surface area contributed by atoms with Crippen molar-refractivity contribution in [2.75, 3.05) is 16.5 Å². The normalized spacial score (nSPS) is 18.5. The van der Waals surface area contributed by atoms with Crippen LogP contribution in [0.4, 0.5) is 11.4 Å². The average Bonchev–Trinajstić information content (AvgIpc) is 3.72. The van der Waals surface area contributed by atoms with Crippen molar-refractivity contribution in [1.82, 2.24) is 15.0 Å². The van der Waals surface area contributed by atoms with Gasteiger partial charge in [0.05, 0.1) is 41.8 Å². The number of benzene rings is 4. The van der Waals surface area contributed by atoms with Crippen LogP contribution in [0.2, 0.25) is 0 Å². The Morgan fingerprint density at radius 3 is 2.40 bits per heavy atom. The molecule has 264 valence electrons. The van der Waals surface area contributed by atoms with Crippen molar-refractivity contribution < 1.29 is 19.8 Å². The summed E-state index contributed by atoms with van der Waals surface area (Å²) in [6, 6.07) is 32.6. The first kappa shape index (κ1) is 35.2. The Hall–Kier alpha value is -5.23. The molecule has 3 heterocycles. The van der Waals surface area contributed by atoms with E-state index in [2.05, 4.69) is 31.3 Å². The maximum absolute atomic E-state index is 14.1. The van der Waals surface area contributed by atoms with E-state index in [-0.39, 0.29) is 25.0 Å². The van der Waals surface area contributed by atoms with E-state index in [1.165, 1.54) is 5.01 Å². The number of aryl methyl sites for hydroxylation is 1. The quantitative estimate of drug-likeness (QED) is 0.136. The molecule has 1 aromatic heterocycles. The van der Waals surface area contributed by atoms with Gasteiger partial charge in [0.2, 0.25) is 5.91 Å². The van der Waals surface area contributed by atoms with Crippen LogP contribution in [0.25, 0.3) is 0 Å². The van der Waals surface area contributed by atoms with Gasteiger partial charge in [-0.3, -0.25) is 14.3 Å². The molecule has 0 bridgehead atoms. The highest BCUT2D eigenvalue weighted by atomic mass is 79.9. The third-order valence-corrected chi connectivity index (χ3v) is 10.3. The number of halogens is 1. The fraction of sp³-hybridized carbons (Fsp3) is 0.244. The number of allylic oxidation sites excluding steroid dienone is 1. The molecule has 2 amide bonds. The summed E-state index contributed by atoms with van der Waals surface area (Å²) in [5, 5.41) is 36.8.